The molecule has 0 fully saturated rings. The van der Waals surface area contributed by atoms with E-state index < -0.39 is 0 Å². The number of rotatable bonds is 2. The molecule has 92 valence electrons. The average Bonchev–Trinajstić information content (AvgIpc) is 2.63. The minimum atomic E-state index is 1.01. The summed E-state index contributed by atoms with van der Waals surface area (Å²) in [5, 5.41) is 0. The third-order valence-electron chi connectivity index (χ3n) is 3.44. The maximum absolute atomic E-state index is 4.43. The van der Waals surface area contributed by atoms with Gasteiger partial charge in [-0.1, -0.05) is 30.3 Å². The first-order valence-corrected chi connectivity index (χ1v) is 6.47. The van der Waals surface area contributed by atoms with Crippen LogP contribution in [0.4, 0.5) is 0 Å². The molecule has 3 heteroatoms. The molecule has 1 aromatic heterocycles. The number of nitrogens with zero attached hydrogens (tertiary/aromatic N) is 3. The Morgan fingerprint density at radius 3 is 2.11 bits per heavy atom. The molecule has 0 atom stereocenters. The molecular weight excluding hydrogens is 222 g/mol. The van der Waals surface area contributed by atoms with Gasteiger partial charge in [0.1, 0.15) is 0 Å². The summed E-state index contributed by atoms with van der Waals surface area (Å²) in [6.45, 7) is 3.16. The van der Waals surface area contributed by atoms with Crippen LogP contribution in [0.15, 0.2) is 42.7 Å². The van der Waals surface area contributed by atoms with Gasteiger partial charge in [0.15, 0.2) is 0 Å². The SMILES string of the molecule is c1ccc(CN2CCc3nccnc3CC2)cc1. The van der Waals surface area contributed by atoms with Crippen molar-refractivity contribution >= 4 is 0 Å². The molecule has 1 aromatic carbocycles. The molecule has 0 saturated carbocycles. The number of aromatic nitrogens is 2. The van der Waals surface area contributed by atoms with E-state index in [1.165, 1.54) is 17.0 Å². The van der Waals surface area contributed by atoms with Gasteiger partial charge in [-0.05, 0) is 5.56 Å². The number of fused-ring (bicyclic) bond motifs is 1. The summed E-state index contributed by atoms with van der Waals surface area (Å²) in [6, 6.07) is 10.6. The minimum absolute atomic E-state index is 1.01. The van der Waals surface area contributed by atoms with Crippen LogP contribution in [0.25, 0.3) is 0 Å². The van der Waals surface area contributed by atoms with Crippen LogP contribution in [0.5, 0.6) is 0 Å². The quantitative estimate of drug-likeness (QED) is 0.803. The first-order chi connectivity index (χ1) is 8.92. The standard InChI is InChI=1S/C15H17N3/c1-2-4-13(5-3-1)12-18-10-6-14-15(7-11-18)17-9-8-16-14/h1-5,8-9H,6-7,10-12H2. The predicted molar refractivity (Wildman–Crippen MR) is 71.2 cm³/mol. The Morgan fingerprint density at radius 1 is 0.889 bits per heavy atom. The van der Waals surface area contributed by atoms with Crippen LogP contribution in [0.2, 0.25) is 0 Å². The van der Waals surface area contributed by atoms with Gasteiger partial charge < -0.3 is 0 Å². The zero-order chi connectivity index (χ0) is 12.2. The Morgan fingerprint density at radius 2 is 1.50 bits per heavy atom. The molecule has 0 amide bonds. The summed E-state index contributed by atoms with van der Waals surface area (Å²) < 4.78 is 0. The molecule has 0 unspecified atom stereocenters. The van der Waals surface area contributed by atoms with Gasteiger partial charge in [-0.2, -0.15) is 0 Å². The molecule has 3 nitrogen and oxygen atoms in total. The van der Waals surface area contributed by atoms with Crippen molar-refractivity contribution in [2.24, 2.45) is 0 Å². The van der Waals surface area contributed by atoms with Gasteiger partial charge >= 0.3 is 0 Å². The molecule has 0 aliphatic carbocycles. The highest BCUT2D eigenvalue weighted by atomic mass is 15.1. The highest BCUT2D eigenvalue weighted by Gasteiger charge is 2.15. The predicted octanol–water partition coefficient (Wildman–Crippen LogP) is 2.08. The summed E-state index contributed by atoms with van der Waals surface area (Å²) in [4.78, 5) is 11.3. The molecule has 0 N–H and O–H groups in total. The molecule has 2 aromatic rings. The fraction of sp³-hybridized carbons (Fsp3) is 0.333. The maximum atomic E-state index is 4.43. The lowest BCUT2D eigenvalue weighted by molar-refractivity contribution is 0.278. The van der Waals surface area contributed by atoms with Crippen molar-refractivity contribution in [2.45, 2.75) is 19.4 Å². The van der Waals surface area contributed by atoms with E-state index in [0.29, 0.717) is 0 Å². The van der Waals surface area contributed by atoms with Crippen LogP contribution in [-0.2, 0) is 19.4 Å². The second-order valence-electron chi connectivity index (χ2n) is 4.71. The molecule has 0 saturated heterocycles. The van der Waals surface area contributed by atoms with Crippen molar-refractivity contribution in [1.29, 1.82) is 0 Å². The Bertz CT molecular complexity index is 483. The fourth-order valence-electron chi connectivity index (χ4n) is 2.45. The Labute approximate surface area is 108 Å². The highest BCUT2D eigenvalue weighted by Crippen LogP contribution is 2.13. The van der Waals surface area contributed by atoms with Gasteiger partial charge in [0.05, 0.1) is 11.4 Å². The lowest BCUT2D eigenvalue weighted by Gasteiger charge is -2.19. The van der Waals surface area contributed by atoms with Crippen molar-refractivity contribution < 1.29 is 0 Å². The number of hydrogen-bond acceptors (Lipinski definition) is 3. The second-order valence-corrected chi connectivity index (χ2v) is 4.71. The van der Waals surface area contributed by atoms with Gasteiger partial charge in [0, 0.05) is 44.9 Å². The van der Waals surface area contributed by atoms with Crippen LogP contribution in [0, 0.1) is 0 Å². The minimum Gasteiger partial charge on any atom is -0.298 e. The van der Waals surface area contributed by atoms with Crippen LogP contribution in [0.1, 0.15) is 17.0 Å². The van der Waals surface area contributed by atoms with E-state index in [1.807, 2.05) is 0 Å². The third-order valence-corrected chi connectivity index (χ3v) is 3.44. The van der Waals surface area contributed by atoms with Crippen molar-refractivity contribution in [3.8, 4) is 0 Å². The van der Waals surface area contributed by atoms with Crippen molar-refractivity contribution in [1.82, 2.24) is 14.9 Å². The Kier molecular flexibility index (Phi) is 3.33. The van der Waals surface area contributed by atoms with Crippen LogP contribution >= 0.6 is 0 Å². The van der Waals surface area contributed by atoms with Crippen molar-refractivity contribution in [3.05, 3.63) is 59.7 Å². The third kappa shape index (κ3) is 2.57. The van der Waals surface area contributed by atoms with E-state index >= 15 is 0 Å². The monoisotopic (exact) mass is 239 g/mol. The van der Waals surface area contributed by atoms with Gasteiger partial charge in [0.25, 0.3) is 0 Å². The lowest BCUT2D eigenvalue weighted by atomic mass is 10.2. The molecule has 0 radical (unpaired) electrons. The fourth-order valence-corrected chi connectivity index (χ4v) is 2.45. The molecule has 2 heterocycles. The average molecular weight is 239 g/mol. The van der Waals surface area contributed by atoms with Crippen LogP contribution in [0.3, 0.4) is 0 Å². The highest BCUT2D eigenvalue weighted by molar-refractivity contribution is 5.16. The summed E-state index contributed by atoms with van der Waals surface area (Å²) >= 11 is 0. The van der Waals surface area contributed by atoms with E-state index in [1.54, 1.807) is 12.4 Å². The van der Waals surface area contributed by atoms with E-state index in [4.69, 9.17) is 0 Å². The molecule has 1 aliphatic heterocycles. The number of benzene rings is 1. The van der Waals surface area contributed by atoms with Gasteiger partial charge in [-0.3, -0.25) is 14.9 Å². The summed E-state index contributed by atoms with van der Waals surface area (Å²) in [5.41, 5.74) is 3.73. The topological polar surface area (TPSA) is 29.0 Å². The van der Waals surface area contributed by atoms with Gasteiger partial charge in [0.2, 0.25) is 0 Å². The van der Waals surface area contributed by atoms with Crippen molar-refractivity contribution in [2.75, 3.05) is 13.1 Å². The lowest BCUT2D eigenvalue weighted by Crippen LogP contribution is -2.25. The molecule has 1 aliphatic rings. The van der Waals surface area contributed by atoms with Crippen LogP contribution < -0.4 is 0 Å². The van der Waals surface area contributed by atoms with Crippen LogP contribution in [-0.4, -0.2) is 28.0 Å². The smallest absolute Gasteiger partial charge is 0.0631 e. The summed E-state index contributed by atoms with van der Waals surface area (Å²) in [5.74, 6) is 0. The first-order valence-electron chi connectivity index (χ1n) is 6.47. The molecular formula is C15H17N3. The maximum Gasteiger partial charge on any atom is 0.0631 e. The Balaban J connectivity index is 1.68. The summed E-state index contributed by atoms with van der Waals surface area (Å²) in [7, 11) is 0. The zero-order valence-corrected chi connectivity index (χ0v) is 10.4. The van der Waals surface area contributed by atoms with E-state index in [0.717, 1.165) is 32.5 Å². The zero-order valence-electron chi connectivity index (χ0n) is 10.4. The van der Waals surface area contributed by atoms with E-state index in [9.17, 15) is 0 Å². The Hall–Kier alpha value is -1.74. The first kappa shape index (κ1) is 11.4. The molecule has 0 bridgehead atoms. The van der Waals surface area contributed by atoms with Gasteiger partial charge in [-0.25, -0.2) is 0 Å². The normalized spacial score (nSPS) is 16.0. The second kappa shape index (κ2) is 5.27. The van der Waals surface area contributed by atoms with E-state index in [2.05, 4.69) is 45.2 Å². The van der Waals surface area contributed by atoms with Gasteiger partial charge in [-0.15, -0.1) is 0 Å². The largest absolute Gasteiger partial charge is 0.298 e. The summed E-state index contributed by atoms with van der Waals surface area (Å²) in [6.07, 6.45) is 5.61. The van der Waals surface area contributed by atoms with Crippen molar-refractivity contribution in [3.63, 3.8) is 0 Å². The molecule has 3 rings (SSSR count). The van der Waals surface area contributed by atoms with E-state index in [-0.39, 0.29) is 0 Å². The molecule has 0 spiro atoms. The number of hydrogen-bond donors (Lipinski definition) is 0. The molecule has 18 heavy (non-hydrogen) atoms.